The highest BCUT2D eigenvalue weighted by Gasteiger charge is 1.95. The van der Waals surface area contributed by atoms with E-state index in [4.69, 9.17) is 0 Å². The van der Waals surface area contributed by atoms with Crippen molar-refractivity contribution in [2.75, 3.05) is 18.9 Å². The molecule has 0 aliphatic heterocycles. The van der Waals surface area contributed by atoms with Crippen LogP contribution in [0.15, 0.2) is 0 Å². The molecule has 0 spiro atoms. The van der Waals surface area contributed by atoms with Crippen molar-refractivity contribution in [3.63, 3.8) is 0 Å². The molecule has 0 aromatic rings. The van der Waals surface area contributed by atoms with Crippen molar-refractivity contribution in [2.45, 2.75) is 0 Å². The number of carbonyl (C=O) groups is 1. The highest BCUT2D eigenvalue weighted by Crippen LogP contribution is 1.82. The molecule has 0 aromatic carbocycles. The van der Waals surface area contributed by atoms with Gasteiger partial charge in [-0.05, 0) is 0 Å². The van der Waals surface area contributed by atoms with E-state index in [0.717, 1.165) is 0 Å². The fourth-order valence-electron chi connectivity index (χ4n) is 0.322. The Bertz CT molecular complexity index is 90.6. The number of rotatable bonds is 4. The molecule has 1 N–H and O–H groups in total. The average Bonchev–Trinajstić information content (AvgIpc) is 1.85. The first kappa shape index (κ1) is 9.21. The van der Waals surface area contributed by atoms with Crippen molar-refractivity contribution >= 4 is 28.0 Å². The first-order valence-electron chi connectivity index (χ1n) is 2.50. The SMILES string of the molecule is O=C(COP)NCCS. The molecule has 0 rings (SSSR count). The van der Waals surface area contributed by atoms with Crippen LogP contribution >= 0.6 is 22.1 Å². The second-order valence-electron chi connectivity index (χ2n) is 1.38. The van der Waals surface area contributed by atoms with Crippen LogP contribution in [-0.2, 0) is 9.32 Å². The van der Waals surface area contributed by atoms with Gasteiger partial charge in [-0.2, -0.15) is 12.6 Å². The van der Waals surface area contributed by atoms with E-state index in [-0.39, 0.29) is 12.5 Å². The van der Waals surface area contributed by atoms with Crippen molar-refractivity contribution in [1.29, 1.82) is 0 Å². The fraction of sp³-hybridized carbons (Fsp3) is 0.750. The molecule has 9 heavy (non-hydrogen) atoms. The van der Waals surface area contributed by atoms with Crippen molar-refractivity contribution < 1.29 is 9.32 Å². The Morgan fingerprint density at radius 1 is 1.78 bits per heavy atom. The molecule has 0 aliphatic rings. The summed E-state index contributed by atoms with van der Waals surface area (Å²) in [5.74, 6) is 0.543. The number of hydrogen-bond acceptors (Lipinski definition) is 3. The maximum atomic E-state index is 10.5. The molecule has 0 aliphatic carbocycles. The van der Waals surface area contributed by atoms with Crippen molar-refractivity contribution in [3.05, 3.63) is 0 Å². The minimum Gasteiger partial charge on any atom is -0.356 e. The zero-order valence-electron chi connectivity index (χ0n) is 4.96. The number of carbonyl (C=O) groups excluding carboxylic acids is 1. The maximum absolute atomic E-state index is 10.5. The zero-order chi connectivity index (χ0) is 7.11. The standard InChI is InChI=1S/C4H10NO2PS/c6-4(3-7-8)5-1-2-9/h9H,1-3,8H2,(H,5,6). The molecule has 0 aromatic heterocycles. The van der Waals surface area contributed by atoms with Crippen LogP contribution in [-0.4, -0.2) is 24.8 Å². The molecule has 0 saturated heterocycles. The monoisotopic (exact) mass is 167 g/mol. The van der Waals surface area contributed by atoms with Gasteiger partial charge in [-0.3, -0.25) is 4.79 Å². The van der Waals surface area contributed by atoms with E-state index in [2.05, 4.69) is 22.5 Å². The third kappa shape index (κ3) is 6.09. The Hall–Kier alpha value is 0.210. The summed E-state index contributed by atoms with van der Waals surface area (Å²) in [4.78, 5) is 10.5. The third-order valence-corrected chi connectivity index (χ3v) is 1.04. The summed E-state index contributed by atoms with van der Waals surface area (Å²) < 4.78 is 4.48. The van der Waals surface area contributed by atoms with Crippen LogP contribution in [0.1, 0.15) is 0 Å². The third-order valence-electron chi connectivity index (χ3n) is 0.648. The van der Waals surface area contributed by atoms with Crippen molar-refractivity contribution in [1.82, 2.24) is 5.32 Å². The van der Waals surface area contributed by atoms with Crippen LogP contribution in [0.4, 0.5) is 0 Å². The van der Waals surface area contributed by atoms with Gasteiger partial charge in [0.2, 0.25) is 5.91 Å². The summed E-state index contributed by atoms with van der Waals surface area (Å²) >= 11 is 3.90. The van der Waals surface area contributed by atoms with Crippen LogP contribution in [0.5, 0.6) is 0 Å². The summed E-state index contributed by atoms with van der Waals surface area (Å²) in [5.41, 5.74) is 0. The van der Waals surface area contributed by atoms with Crippen LogP contribution in [0.2, 0.25) is 0 Å². The van der Waals surface area contributed by atoms with Gasteiger partial charge in [-0.15, -0.1) is 0 Å². The van der Waals surface area contributed by atoms with E-state index in [0.29, 0.717) is 12.3 Å². The molecule has 54 valence electrons. The molecular formula is C4H10NO2PS. The van der Waals surface area contributed by atoms with Crippen LogP contribution < -0.4 is 5.32 Å². The topological polar surface area (TPSA) is 38.3 Å². The second kappa shape index (κ2) is 6.33. The molecule has 3 nitrogen and oxygen atoms in total. The summed E-state index contributed by atoms with van der Waals surface area (Å²) in [6.07, 6.45) is 0. The molecule has 0 fully saturated rings. The zero-order valence-corrected chi connectivity index (χ0v) is 7.01. The van der Waals surface area contributed by atoms with E-state index < -0.39 is 0 Å². The van der Waals surface area contributed by atoms with Gasteiger partial charge in [-0.25, -0.2) is 0 Å². The van der Waals surface area contributed by atoms with E-state index in [1.807, 2.05) is 9.47 Å². The van der Waals surface area contributed by atoms with Gasteiger partial charge in [0.1, 0.15) is 6.61 Å². The molecule has 1 amide bonds. The predicted octanol–water partition coefficient (Wildman–Crippen LogP) is -0.161. The maximum Gasteiger partial charge on any atom is 0.246 e. The summed E-state index contributed by atoms with van der Waals surface area (Å²) in [6, 6.07) is 0. The highest BCUT2D eigenvalue weighted by molar-refractivity contribution is 7.80. The highest BCUT2D eigenvalue weighted by atomic mass is 32.1. The second-order valence-corrected chi connectivity index (χ2v) is 2.17. The number of hydrogen-bond donors (Lipinski definition) is 2. The lowest BCUT2D eigenvalue weighted by atomic mass is 10.6. The fourth-order valence-corrected chi connectivity index (χ4v) is 0.585. The quantitative estimate of drug-likeness (QED) is 0.451. The lowest BCUT2D eigenvalue weighted by Crippen LogP contribution is -2.28. The summed E-state index contributed by atoms with van der Waals surface area (Å²) in [7, 11) is 2.01. The van der Waals surface area contributed by atoms with Gasteiger partial charge in [0.25, 0.3) is 0 Å². The van der Waals surface area contributed by atoms with Crippen molar-refractivity contribution in [2.24, 2.45) is 0 Å². The molecule has 0 heterocycles. The van der Waals surface area contributed by atoms with Crippen molar-refractivity contribution in [3.8, 4) is 0 Å². The van der Waals surface area contributed by atoms with Crippen LogP contribution in [0, 0.1) is 0 Å². The number of nitrogens with one attached hydrogen (secondary N) is 1. The average molecular weight is 167 g/mol. The lowest BCUT2D eigenvalue weighted by Gasteiger charge is -1.99. The normalized spacial score (nSPS) is 9.11. The Kier molecular flexibility index (Phi) is 6.48. The van der Waals surface area contributed by atoms with Crippen LogP contribution in [0.3, 0.4) is 0 Å². The lowest BCUT2D eigenvalue weighted by molar-refractivity contribution is -0.122. The van der Waals surface area contributed by atoms with Crippen LogP contribution in [0.25, 0.3) is 0 Å². The Morgan fingerprint density at radius 2 is 2.44 bits per heavy atom. The Balaban J connectivity index is 3.06. The van der Waals surface area contributed by atoms with Gasteiger partial charge in [0.15, 0.2) is 0 Å². The summed E-state index contributed by atoms with van der Waals surface area (Å²) in [6.45, 7) is 0.689. The molecule has 0 radical (unpaired) electrons. The molecule has 1 atom stereocenters. The van der Waals surface area contributed by atoms with Gasteiger partial charge < -0.3 is 9.84 Å². The molecule has 0 saturated carbocycles. The molecule has 1 unspecified atom stereocenters. The Labute approximate surface area is 62.2 Å². The van der Waals surface area contributed by atoms with E-state index in [1.54, 1.807) is 0 Å². The smallest absolute Gasteiger partial charge is 0.246 e. The van der Waals surface area contributed by atoms with Gasteiger partial charge >= 0.3 is 0 Å². The first-order chi connectivity index (χ1) is 4.31. The summed E-state index contributed by atoms with van der Waals surface area (Å²) in [5, 5.41) is 2.58. The predicted molar refractivity (Wildman–Crippen MR) is 42.5 cm³/mol. The van der Waals surface area contributed by atoms with E-state index >= 15 is 0 Å². The molecule has 5 heteroatoms. The van der Waals surface area contributed by atoms with E-state index in [1.165, 1.54) is 0 Å². The number of thiol groups is 1. The number of amides is 1. The van der Waals surface area contributed by atoms with Gasteiger partial charge in [0, 0.05) is 21.8 Å². The van der Waals surface area contributed by atoms with Gasteiger partial charge in [0.05, 0.1) is 0 Å². The minimum absolute atomic E-state index is 0.0957. The molecular weight excluding hydrogens is 157 g/mol. The van der Waals surface area contributed by atoms with E-state index in [9.17, 15) is 4.79 Å². The van der Waals surface area contributed by atoms with Gasteiger partial charge in [-0.1, -0.05) is 0 Å². The minimum atomic E-state index is -0.112. The molecule has 0 bridgehead atoms. The largest absolute Gasteiger partial charge is 0.356 e. The first-order valence-corrected chi connectivity index (χ1v) is 3.61. The Morgan fingerprint density at radius 3 is 2.89 bits per heavy atom.